The van der Waals surface area contributed by atoms with E-state index in [0.29, 0.717) is 39.6 Å². The number of nitrogens with one attached hydrogen (secondary N) is 1. The van der Waals surface area contributed by atoms with Gasteiger partial charge in [-0.25, -0.2) is 13.4 Å². The van der Waals surface area contributed by atoms with Gasteiger partial charge in [0.05, 0.1) is 21.5 Å². The number of benzene rings is 4. The van der Waals surface area contributed by atoms with Gasteiger partial charge >= 0.3 is 0 Å². The third-order valence-electron chi connectivity index (χ3n) is 5.43. The molecule has 0 saturated heterocycles. The molecule has 1 aromatic heterocycles. The second-order valence-electron chi connectivity index (χ2n) is 7.86. The second-order valence-corrected chi connectivity index (χ2v) is 9.54. The van der Waals surface area contributed by atoms with Crippen LogP contribution in [-0.2, 0) is 10.0 Å². The Kier molecular flexibility index (Phi) is 5.80. The van der Waals surface area contributed by atoms with E-state index in [0.717, 1.165) is 0 Å². The fourth-order valence-corrected chi connectivity index (χ4v) is 4.81. The molecule has 1 N–H and O–H groups in total. The van der Waals surface area contributed by atoms with E-state index >= 15 is 0 Å². The van der Waals surface area contributed by atoms with Crippen molar-refractivity contribution >= 4 is 26.6 Å². The molecular formula is C27H21N3O4S. The topological polar surface area (TPSA) is 90.3 Å². The van der Waals surface area contributed by atoms with Crippen molar-refractivity contribution in [1.29, 1.82) is 0 Å². The molecule has 0 aliphatic heterocycles. The number of para-hydroxylation sites is 2. The Bertz CT molecular complexity index is 1660. The van der Waals surface area contributed by atoms with E-state index in [2.05, 4.69) is 9.71 Å². The lowest BCUT2D eigenvalue weighted by Crippen LogP contribution is -2.22. The maximum absolute atomic E-state index is 13.0. The Morgan fingerprint density at radius 2 is 1.40 bits per heavy atom. The van der Waals surface area contributed by atoms with Crippen molar-refractivity contribution < 1.29 is 13.2 Å². The second kappa shape index (κ2) is 9.08. The molecule has 7 nitrogen and oxygen atoms in total. The standard InChI is InChI=1S/C27H21N3O4S/c1-19-28-26-10-6-5-9-25(26)27(31)30(19)21-13-11-20(12-14-21)29-35(32,33)24-17-15-23(16-18-24)34-22-7-3-2-4-8-22/h2-18,29H,1H3. The van der Waals surface area contributed by atoms with Gasteiger partial charge in [-0.3, -0.25) is 14.1 Å². The summed E-state index contributed by atoms with van der Waals surface area (Å²) < 4.78 is 35.5. The molecule has 8 heteroatoms. The van der Waals surface area contributed by atoms with Gasteiger partial charge in [0.25, 0.3) is 15.6 Å². The van der Waals surface area contributed by atoms with Crippen LogP contribution in [0.1, 0.15) is 5.82 Å². The summed E-state index contributed by atoms with van der Waals surface area (Å²) in [6, 6.07) is 29.2. The van der Waals surface area contributed by atoms with Crippen molar-refractivity contribution in [2.45, 2.75) is 11.8 Å². The smallest absolute Gasteiger partial charge is 0.265 e. The molecule has 174 valence electrons. The molecule has 0 amide bonds. The van der Waals surface area contributed by atoms with Gasteiger partial charge in [-0.05, 0) is 79.7 Å². The van der Waals surface area contributed by atoms with Crippen LogP contribution in [-0.4, -0.2) is 18.0 Å². The van der Waals surface area contributed by atoms with Gasteiger partial charge in [-0.15, -0.1) is 0 Å². The van der Waals surface area contributed by atoms with Gasteiger partial charge in [0.1, 0.15) is 17.3 Å². The predicted octanol–water partition coefficient (Wildman–Crippen LogP) is 5.29. The Balaban J connectivity index is 1.36. The lowest BCUT2D eigenvalue weighted by molar-refractivity contribution is 0.482. The van der Waals surface area contributed by atoms with Crippen LogP contribution >= 0.6 is 0 Å². The van der Waals surface area contributed by atoms with Crippen LogP contribution in [0.15, 0.2) is 113 Å². The zero-order valence-electron chi connectivity index (χ0n) is 18.8. The quantitative estimate of drug-likeness (QED) is 0.355. The number of hydrogen-bond donors (Lipinski definition) is 1. The molecule has 0 fully saturated rings. The summed E-state index contributed by atoms with van der Waals surface area (Å²) in [6.07, 6.45) is 0. The SMILES string of the molecule is Cc1nc2ccccc2c(=O)n1-c1ccc(NS(=O)(=O)c2ccc(Oc3ccccc3)cc2)cc1. The number of hydrogen-bond acceptors (Lipinski definition) is 5. The number of anilines is 1. The minimum absolute atomic E-state index is 0.104. The van der Waals surface area contributed by atoms with Crippen LogP contribution in [0.25, 0.3) is 16.6 Å². The van der Waals surface area contributed by atoms with Crippen molar-refractivity contribution in [2.75, 3.05) is 4.72 Å². The van der Waals surface area contributed by atoms with E-state index < -0.39 is 10.0 Å². The molecule has 0 saturated carbocycles. The largest absolute Gasteiger partial charge is 0.457 e. The molecule has 0 aliphatic rings. The number of ether oxygens (including phenoxy) is 1. The molecule has 35 heavy (non-hydrogen) atoms. The van der Waals surface area contributed by atoms with Gasteiger partial charge in [0, 0.05) is 5.69 Å². The predicted molar refractivity (Wildman–Crippen MR) is 136 cm³/mol. The summed E-state index contributed by atoms with van der Waals surface area (Å²) in [5.74, 6) is 1.74. The number of rotatable bonds is 6. The summed E-state index contributed by atoms with van der Waals surface area (Å²) >= 11 is 0. The number of nitrogens with zero attached hydrogens (tertiary/aromatic N) is 2. The lowest BCUT2D eigenvalue weighted by atomic mass is 10.2. The summed E-state index contributed by atoms with van der Waals surface area (Å²) in [7, 11) is -3.81. The highest BCUT2D eigenvalue weighted by atomic mass is 32.2. The van der Waals surface area contributed by atoms with Gasteiger partial charge in [0.15, 0.2) is 0 Å². The van der Waals surface area contributed by atoms with E-state index in [-0.39, 0.29) is 10.5 Å². The van der Waals surface area contributed by atoms with Crippen LogP contribution < -0.4 is 15.0 Å². The van der Waals surface area contributed by atoms with Gasteiger partial charge < -0.3 is 4.74 Å². The highest BCUT2D eigenvalue weighted by molar-refractivity contribution is 7.92. The minimum Gasteiger partial charge on any atom is -0.457 e. The Labute approximate surface area is 202 Å². The molecule has 0 atom stereocenters. The maximum Gasteiger partial charge on any atom is 0.265 e. The van der Waals surface area contributed by atoms with Crippen LogP contribution in [0.3, 0.4) is 0 Å². The molecule has 0 radical (unpaired) electrons. The Morgan fingerprint density at radius 1 is 0.771 bits per heavy atom. The lowest BCUT2D eigenvalue weighted by Gasteiger charge is -2.13. The summed E-state index contributed by atoms with van der Waals surface area (Å²) in [4.78, 5) is 17.6. The summed E-state index contributed by atoms with van der Waals surface area (Å²) in [6.45, 7) is 1.76. The first-order valence-corrected chi connectivity index (χ1v) is 12.3. The summed E-state index contributed by atoms with van der Waals surface area (Å²) in [5, 5.41) is 0.516. The van der Waals surface area contributed by atoms with Crippen molar-refractivity contribution in [3.05, 3.63) is 119 Å². The maximum atomic E-state index is 13.0. The normalized spacial score (nSPS) is 11.3. The van der Waals surface area contributed by atoms with Crippen molar-refractivity contribution in [3.8, 4) is 17.2 Å². The summed E-state index contributed by atoms with van der Waals surface area (Å²) in [5.41, 5.74) is 1.42. The molecule has 5 rings (SSSR count). The van der Waals surface area contributed by atoms with E-state index in [1.807, 2.05) is 36.4 Å². The molecule has 4 aromatic carbocycles. The van der Waals surface area contributed by atoms with Gasteiger partial charge in [-0.1, -0.05) is 30.3 Å². The Morgan fingerprint density at radius 3 is 2.11 bits per heavy atom. The van der Waals surface area contributed by atoms with Crippen LogP contribution in [0, 0.1) is 6.92 Å². The van der Waals surface area contributed by atoms with E-state index in [1.165, 1.54) is 16.7 Å². The van der Waals surface area contributed by atoms with Crippen LogP contribution in [0.5, 0.6) is 11.5 Å². The van der Waals surface area contributed by atoms with Crippen LogP contribution in [0.2, 0.25) is 0 Å². The fourth-order valence-electron chi connectivity index (χ4n) is 3.75. The number of fused-ring (bicyclic) bond motifs is 1. The minimum atomic E-state index is -3.81. The highest BCUT2D eigenvalue weighted by Gasteiger charge is 2.15. The monoisotopic (exact) mass is 483 g/mol. The first-order chi connectivity index (χ1) is 16.9. The average Bonchev–Trinajstić information content (AvgIpc) is 2.86. The molecule has 5 aromatic rings. The Hall–Kier alpha value is -4.43. The molecule has 0 bridgehead atoms. The molecular weight excluding hydrogens is 462 g/mol. The number of sulfonamides is 1. The van der Waals surface area contributed by atoms with Crippen molar-refractivity contribution in [1.82, 2.24) is 9.55 Å². The van der Waals surface area contributed by atoms with Crippen molar-refractivity contribution in [2.24, 2.45) is 0 Å². The van der Waals surface area contributed by atoms with Gasteiger partial charge in [-0.2, -0.15) is 0 Å². The van der Waals surface area contributed by atoms with Crippen molar-refractivity contribution in [3.63, 3.8) is 0 Å². The first-order valence-electron chi connectivity index (χ1n) is 10.9. The number of aryl methyl sites for hydroxylation is 1. The van der Waals surface area contributed by atoms with E-state index in [1.54, 1.807) is 61.5 Å². The first kappa shape index (κ1) is 22.4. The molecule has 0 spiro atoms. The third-order valence-corrected chi connectivity index (χ3v) is 6.83. The number of aromatic nitrogens is 2. The highest BCUT2D eigenvalue weighted by Crippen LogP contribution is 2.24. The average molecular weight is 484 g/mol. The third kappa shape index (κ3) is 4.64. The van der Waals surface area contributed by atoms with Gasteiger partial charge in [0.2, 0.25) is 0 Å². The molecule has 0 aliphatic carbocycles. The zero-order valence-corrected chi connectivity index (χ0v) is 19.6. The van der Waals surface area contributed by atoms with E-state index in [9.17, 15) is 13.2 Å². The fraction of sp³-hybridized carbons (Fsp3) is 0.0370. The molecule has 1 heterocycles. The molecule has 0 unspecified atom stereocenters. The van der Waals surface area contributed by atoms with E-state index in [4.69, 9.17) is 4.74 Å². The van der Waals surface area contributed by atoms with Crippen LogP contribution in [0.4, 0.5) is 5.69 Å². The zero-order chi connectivity index (χ0) is 24.4.